The van der Waals surface area contributed by atoms with Gasteiger partial charge in [-0.25, -0.2) is 0 Å². The smallest absolute Gasteiger partial charge is 0.160 e. The summed E-state index contributed by atoms with van der Waals surface area (Å²) >= 11 is 3.55. The van der Waals surface area contributed by atoms with E-state index in [0.29, 0.717) is 6.61 Å². The van der Waals surface area contributed by atoms with Gasteiger partial charge in [0.2, 0.25) is 0 Å². The highest BCUT2D eigenvalue weighted by molar-refractivity contribution is 9.10. The van der Waals surface area contributed by atoms with Crippen molar-refractivity contribution in [3.8, 4) is 5.75 Å². The fourth-order valence-electron chi connectivity index (χ4n) is 2.41. The minimum atomic E-state index is 0.0121. The van der Waals surface area contributed by atoms with Crippen LogP contribution in [0.1, 0.15) is 11.4 Å². The molecular formula is C17H19BrN4O2. The summed E-state index contributed by atoms with van der Waals surface area (Å²) in [6.45, 7) is 1.87. The number of rotatable bonds is 8. The maximum atomic E-state index is 8.78. The number of aliphatic hydroxyl groups excluding tert-OH is 1. The number of fused-ring (bicyclic) bond motifs is 1. The van der Waals surface area contributed by atoms with Gasteiger partial charge in [0.25, 0.3) is 0 Å². The van der Waals surface area contributed by atoms with Gasteiger partial charge in [0, 0.05) is 30.2 Å². The number of pyridine rings is 1. The molecule has 0 aliphatic carbocycles. The van der Waals surface area contributed by atoms with Crippen molar-refractivity contribution in [1.29, 1.82) is 0 Å². The van der Waals surface area contributed by atoms with Crippen LogP contribution < -0.4 is 10.1 Å². The van der Waals surface area contributed by atoms with Crippen molar-refractivity contribution < 1.29 is 9.84 Å². The molecule has 2 N–H and O–H groups in total. The molecule has 7 heteroatoms. The summed E-state index contributed by atoms with van der Waals surface area (Å²) in [5.41, 5.74) is 2.02. The first-order valence-corrected chi connectivity index (χ1v) is 8.58. The lowest BCUT2D eigenvalue weighted by atomic mass is 10.2. The third kappa shape index (κ3) is 4.11. The highest BCUT2D eigenvalue weighted by Crippen LogP contribution is 2.23. The lowest BCUT2D eigenvalue weighted by molar-refractivity contribution is 0.201. The van der Waals surface area contributed by atoms with E-state index in [1.54, 1.807) is 0 Å². The number of aromatic nitrogens is 3. The first kappa shape index (κ1) is 16.9. The zero-order valence-electron chi connectivity index (χ0n) is 13.2. The molecule has 2 aromatic heterocycles. The van der Waals surface area contributed by atoms with Crippen molar-refractivity contribution in [3.63, 3.8) is 0 Å². The summed E-state index contributed by atoms with van der Waals surface area (Å²) in [4.78, 5) is 0. The zero-order chi connectivity index (χ0) is 16.8. The van der Waals surface area contributed by atoms with Crippen LogP contribution in [0.25, 0.3) is 5.65 Å². The van der Waals surface area contributed by atoms with Gasteiger partial charge in [0.1, 0.15) is 18.2 Å². The summed E-state index contributed by atoms with van der Waals surface area (Å²) in [6, 6.07) is 11.7. The van der Waals surface area contributed by atoms with Crippen molar-refractivity contribution in [2.24, 2.45) is 0 Å². The molecule has 6 nitrogen and oxygen atoms in total. The molecule has 0 unspecified atom stereocenters. The van der Waals surface area contributed by atoms with Crippen LogP contribution in [0.15, 0.2) is 47.1 Å². The van der Waals surface area contributed by atoms with E-state index in [1.807, 2.05) is 47.0 Å². The van der Waals surface area contributed by atoms with Crippen LogP contribution in [-0.2, 0) is 13.0 Å². The topological polar surface area (TPSA) is 71.7 Å². The molecule has 126 valence electrons. The molecule has 0 radical (unpaired) electrons. The third-order valence-corrected chi connectivity index (χ3v) is 4.35. The van der Waals surface area contributed by atoms with E-state index >= 15 is 0 Å². The summed E-state index contributed by atoms with van der Waals surface area (Å²) in [5.74, 6) is 1.69. The highest BCUT2D eigenvalue weighted by atomic mass is 79.9. The second-order valence-corrected chi connectivity index (χ2v) is 6.15. The SMILES string of the molecule is OCCOc1ccc(CNCCc2nnc3ccccn23)c(Br)c1. The Morgan fingerprint density at radius 2 is 2.12 bits per heavy atom. The third-order valence-electron chi connectivity index (χ3n) is 3.61. The fourth-order valence-corrected chi connectivity index (χ4v) is 2.91. The van der Waals surface area contributed by atoms with Crippen LogP contribution in [-0.4, -0.2) is 39.5 Å². The van der Waals surface area contributed by atoms with Gasteiger partial charge < -0.3 is 15.2 Å². The Morgan fingerprint density at radius 3 is 2.96 bits per heavy atom. The molecular weight excluding hydrogens is 372 g/mol. The van der Waals surface area contributed by atoms with Gasteiger partial charge in [-0.15, -0.1) is 10.2 Å². The van der Waals surface area contributed by atoms with Gasteiger partial charge in [-0.05, 0) is 29.8 Å². The zero-order valence-corrected chi connectivity index (χ0v) is 14.7. The van der Waals surface area contributed by atoms with E-state index in [4.69, 9.17) is 9.84 Å². The molecule has 1 aromatic carbocycles. The van der Waals surface area contributed by atoms with Crippen molar-refractivity contribution in [3.05, 3.63) is 58.5 Å². The summed E-state index contributed by atoms with van der Waals surface area (Å²) in [7, 11) is 0. The standard InChI is InChI=1S/C17H19BrN4O2/c18-15-11-14(24-10-9-23)5-4-13(15)12-19-7-6-17-21-20-16-3-1-2-8-22(16)17/h1-5,8,11,19,23H,6-7,9-10,12H2. The number of halogens is 1. The Morgan fingerprint density at radius 1 is 1.21 bits per heavy atom. The van der Waals surface area contributed by atoms with E-state index < -0.39 is 0 Å². The Labute approximate surface area is 148 Å². The average Bonchev–Trinajstić information content (AvgIpc) is 3.01. The van der Waals surface area contributed by atoms with Crippen LogP contribution >= 0.6 is 15.9 Å². The molecule has 3 rings (SSSR count). The van der Waals surface area contributed by atoms with E-state index in [1.165, 1.54) is 0 Å². The van der Waals surface area contributed by atoms with Gasteiger partial charge in [-0.2, -0.15) is 0 Å². The molecule has 0 amide bonds. The number of aliphatic hydroxyl groups is 1. The molecule has 0 spiro atoms. The predicted molar refractivity (Wildman–Crippen MR) is 95.1 cm³/mol. The van der Waals surface area contributed by atoms with E-state index in [-0.39, 0.29) is 6.61 Å². The molecule has 0 aliphatic heterocycles. The highest BCUT2D eigenvalue weighted by Gasteiger charge is 2.05. The van der Waals surface area contributed by atoms with Gasteiger partial charge in [0.05, 0.1) is 6.61 Å². The van der Waals surface area contributed by atoms with Crippen molar-refractivity contribution in [1.82, 2.24) is 19.9 Å². The van der Waals surface area contributed by atoms with Crippen molar-refractivity contribution in [2.45, 2.75) is 13.0 Å². The van der Waals surface area contributed by atoms with Crippen LogP contribution in [0.2, 0.25) is 0 Å². The Hall–Kier alpha value is -1.96. The van der Waals surface area contributed by atoms with Crippen LogP contribution in [0, 0.1) is 0 Å². The Balaban J connectivity index is 1.51. The molecule has 0 atom stereocenters. The Bertz CT molecular complexity index is 806. The maximum absolute atomic E-state index is 8.78. The molecule has 0 bridgehead atoms. The lowest BCUT2D eigenvalue weighted by Crippen LogP contribution is -2.18. The summed E-state index contributed by atoms with van der Waals surface area (Å²) < 4.78 is 8.38. The van der Waals surface area contributed by atoms with E-state index in [2.05, 4.69) is 31.4 Å². The Kier molecular flexibility index (Phi) is 5.79. The normalized spacial score (nSPS) is 11.1. The molecule has 0 fully saturated rings. The minimum Gasteiger partial charge on any atom is -0.491 e. The number of benzene rings is 1. The van der Waals surface area contributed by atoms with Gasteiger partial charge in [-0.3, -0.25) is 4.40 Å². The molecule has 3 aromatic rings. The van der Waals surface area contributed by atoms with E-state index in [9.17, 15) is 0 Å². The second kappa shape index (κ2) is 8.23. The fraction of sp³-hybridized carbons (Fsp3) is 0.294. The monoisotopic (exact) mass is 390 g/mol. The van der Waals surface area contributed by atoms with E-state index in [0.717, 1.165) is 46.8 Å². The van der Waals surface area contributed by atoms with Gasteiger partial charge >= 0.3 is 0 Å². The van der Waals surface area contributed by atoms with Crippen LogP contribution in [0.4, 0.5) is 0 Å². The van der Waals surface area contributed by atoms with Crippen molar-refractivity contribution in [2.75, 3.05) is 19.8 Å². The number of nitrogens with one attached hydrogen (secondary N) is 1. The van der Waals surface area contributed by atoms with Crippen molar-refractivity contribution >= 4 is 21.6 Å². The predicted octanol–water partition coefficient (Wildman–Crippen LogP) is 2.20. The molecule has 2 heterocycles. The van der Waals surface area contributed by atoms with Crippen LogP contribution in [0.3, 0.4) is 0 Å². The quantitative estimate of drug-likeness (QED) is 0.576. The number of ether oxygens (including phenoxy) is 1. The van der Waals surface area contributed by atoms with Gasteiger partial charge in [-0.1, -0.05) is 28.1 Å². The second-order valence-electron chi connectivity index (χ2n) is 5.30. The molecule has 0 saturated carbocycles. The molecule has 0 aliphatic rings. The number of hydrogen-bond acceptors (Lipinski definition) is 5. The van der Waals surface area contributed by atoms with Crippen LogP contribution in [0.5, 0.6) is 5.75 Å². The largest absolute Gasteiger partial charge is 0.491 e. The first-order valence-electron chi connectivity index (χ1n) is 7.79. The summed E-state index contributed by atoms with van der Waals surface area (Å²) in [6.07, 6.45) is 2.78. The first-order chi connectivity index (χ1) is 11.8. The molecule has 24 heavy (non-hydrogen) atoms. The average molecular weight is 391 g/mol. The minimum absolute atomic E-state index is 0.0121. The number of hydrogen-bond donors (Lipinski definition) is 2. The number of nitrogens with zero attached hydrogens (tertiary/aromatic N) is 3. The lowest BCUT2D eigenvalue weighted by Gasteiger charge is -2.09. The molecule has 0 saturated heterocycles. The van der Waals surface area contributed by atoms with Gasteiger partial charge in [0.15, 0.2) is 5.65 Å². The maximum Gasteiger partial charge on any atom is 0.160 e. The summed E-state index contributed by atoms with van der Waals surface area (Å²) in [5, 5.41) is 20.6.